The van der Waals surface area contributed by atoms with Crippen LogP contribution in [-0.2, 0) is 24.0 Å². The summed E-state index contributed by atoms with van der Waals surface area (Å²) >= 11 is 1.02. The molecular formula is C15H22N3O7S-. The molecule has 11 heteroatoms. The summed E-state index contributed by atoms with van der Waals surface area (Å²) < 4.78 is -0.995. The number of carboxylic acids is 2. The number of quaternary nitrogens is 1. The van der Waals surface area contributed by atoms with Crippen molar-refractivity contribution in [2.75, 3.05) is 12.3 Å². The van der Waals surface area contributed by atoms with Crippen LogP contribution >= 0.6 is 11.8 Å². The van der Waals surface area contributed by atoms with Crippen LogP contribution in [0.1, 0.15) is 19.8 Å². The lowest BCUT2D eigenvalue weighted by molar-refractivity contribution is -0.438. The van der Waals surface area contributed by atoms with E-state index in [2.05, 4.69) is 22.9 Å². The molecule has 0 bridgehead atoms. The van der Waals surface area contributed by atoms with Gasteiger partial charge in [-0.05, 0) is 6.92 Å². The number of hydrogen-bond donors (Lipinski definition) is 3. The maximum Gasteiger partial charge on any atom is 0.243 e. The number of carboxylic acid groups (broad SMARTS) is 2. The van der Waals surface area contributed by atoms with Gasteiger partial charge >= 0.3 is 0 Å². The molecule has 0 radical (unpaired) electrons. The Kier molecular flexibility index (Phi) is 10.2. The molecule has 0 aromatic carbocycles. The van der Waals surface area contributed by atoms with E-state index >= 15 is 0 Å². The standard InChI is InChI=1S/C15H23N3O7S/c1-3-15(2,8-19)26-7-10(13(23)17-6-12(21)22)18-11(20)5-4-9(16)14(24)25/h3,8-10H,1,4-7,16H2,2H3,(H,17,23)(H,18,20)(H,21,22)(H,24,25)/p-1/t9-,10-,15?/m0/s1. The van der Waals surface area contributed by atoms with E-state index in [1.807, 2.05) is 0 Å². The molecule has 0 aromatic rings. The lowest BCUT2D eigenvalue weighted by atomic mass is 10.1. The van der Waals surface area contributed by atoms with E-state index in [0.717, 1.165) is 11.8 Å². The lowest BCUT2D eigenvalue weighted by Crippen LogP contribution is -2.68. The first-order valence-corrected chi connectivity index (χ1v) is 8.58. The molecule has 0 saturated heterocycles. The number of carbonyl (C=O) groups excluding carboxylic acids is 5. The molecule has 0 aliphatic heterocycles. The second kappa shape index (κ2) is 11.3. The molecule has 0 saturated carbocycles. The summed E-state index contributed by atoms with van der Waals surface area (Å²) in [7, 11) is 0. The number of carbonyl (C=O) groups is 5. The number of nitrogens with one attached hydrogen (secondary N) is 2. The zero-order chi connectivity index (χ0) is 20.3. The SMILES string of the molecule is C=CC(C)(C=O)SC[C@H](NC(=O)CC[C@H]([NH3+])C(=O)[O-])C(=O)NCC(=O)[O-]. The van der Waals surface area contributed by atoms with Gasteiger partial charge in [0.2, 0.25) is 11.8 Å². The van der Waals surface area contributed by atoms with Crippen LogP contribution in [0.5, 0.6) is 0 Å². The first kappa shape index (κ1) is 23.6. The summed E-state index contributed by atoms with van der Waals surface area (Å²) in [6.45, 7) is 4.33. The predicted molar refractivity (Wildman–Crippen MR) is 88.0 cm³/mol. The van der Waals surface area contributed by atoms with Gasteiger partial charge in [-0.1, -0.05) is 6.08 Å². The maximum atomic E-state index is 12.1. The van der Waals surface area contributed by atoms with Crippen LogP contribution in [0.4, 0.5) is 0 Å². The van der Waals surface area contributed by atoms with Gasteiger partial charge in [0.15, 0.2) is 0 Å². The van der Waals surface area contributed by atoms with E-state index in [9.17, 15) is 34.2 Å². The van der Waals surface area contributed by atoms with Crippen molar-refractivity contribution in [2.45, 2.75) is 36.6 Å². The second-order valence-electron chi connectivity index (χ2n) is 5.58. The van der Waals surface area contributed by atoms with Crippen molar-refractivity contribution in [1.29, 1.82) is 0 Å². The van der Waals surface area contributed by atoms with Crippen LogP contribution in [-0.4, -0.2) is 59.2 Å². The summed E-state index contributed by atoms with van der Waals surface area (Å²) in [4.78, 5) is 56.1. The minimum atomic E-state index is -1.51. The molecule has 2 amide bonds. The third-order valence-electron chi connectivity index (χ3n) is 3.31. The fraction of sp³-hybridized carbons (Fsp3) is 0.533. The number of amides is 2. The predicted octanol–water partition coefficient (Wildman–Crippen LogP) is -4.65. The molecule has 26 heavy (non-hydrogen) atoms. The molecule has 0 aliphatic carbocycles. The summed E-state index contributed by atoms with van der Waals surface area (Å²) in [5.41, 5.74) is 3.32. The van der Waals surface area contributed by atoms with Gasteiger partial charge in [-0.25, -0.2) is 0 Å². The highest BCUT2D eigenvalue weighted by molar-refractivity contribution is 8.01. The Hall–Kier alpha value is -2.40. The molecular weight excluding hydrogens is 366 g/mol. The molecule has 10 nitrogen and oxygen atoms in total. The normalized spacial score (nSPS) is 15.0. The number of aldehydes is 1. The first-order chi connectivity index (χ1) is 12.0. The first-order valence-electron chi connectivity index (χ1n) is 7.59. The van der Waals surface area contributed by atoms with Gasteiger partial charge in [-0.2, -0.15) is 0 Å². The van der Waals surface area contributed by atoms with Crippen molar-refractivity contribution in [1.82, 2.24) is 10.6 Å². The third kappa shape index (κ3) is 9.18. The average molecular weight is 388 g/mol. The Labute approximate surface area is 154 Å². The number of thioether (sulfide) groups is 1. The van der Waals surface area contributed by atoms with E-state index in [1.54, 1.807) is 6.92 Å². The van der Waals surface area contributed by atoms with Crippen molar-refractivity contribution in [2.24, 2.45) is 0 Å². The second-order valence-corrected chi connectivity index (χ2v) is 7.08. The average Bonchev–Trinajstić information content (AvgIpc) is 2.60. The summed E-state index contributed by atoms with van der Waals surface area (Å²) in [6.07, 6.45) is 1.68. The van der Waals surface area contributed by atoms with Crippen LogP contribution in [0.15, 0.2) is 12.7 Å². The van der Waals surface area contributed by atoms with Crippen LogP contribution in [0.3, 0.4) is 0 Å². The minimum absolute atomic E-state index is 0.0415. The zero-order valence-corrected chi connectivity index (χ0v) is 15.1. The van der Waals surface area contributed by atoms with Crippen molar-refractivity contribution in [3.8, 4) is 0 Å². The Morgan fingerprint density at radius 3 is 2.38 bits per heavy atom. The summed E-state index contributed by atoms with van der Waals surface area (Å²) in [5.74, 6) is -4.35. The summed E-state index contributed by atoms with van der Waals surface area (Å²) in [6, 6.07) is -2.23. The van der Waals surface area contributed by atoms with E-state index in [4.69, 9.17) is 0 Å². The molecule has 0 spiro atoms. The fourth-order valence-electron chi connectivity index (χ4n) is 1.56. The highest BCUT2D eigenvalue weighted by Crippen LogP contribution is 2.24. The van der Waals surface area contributed by atoms with Crippen LogP contribution in [0.2, 0.25) is 0 Å². The van der Waals surface area contributed by atoms with Crippen LogP contribution in [0.25, 0.3) is 0 Å². The molecule has 5 N–H and O–H groups in total. The lowest BCUT2D eigenvalue weighted by Gasteiger charge is -2.23. The van der Waals surface area contributed by atoms with Crippen molar-refractivity contribution in [3.63, 3.8) is 0 Å². The maximum absolute atomic E-state index is 12.1. The Bertz CT molecular complexity index is 559. The molecule has 0 aromatic heterocycles. The fourth-order valence-corrected chi connectivity index (χ4v) is 2.51. The molecule has 0 aliphatic rings. The molecule has 1 unspecified atom stereocenters. The van der Waals surface area contributed by atoms with Gasteiger partial charge in [0.25, 0.3) is 0 Å². The van der Waals surface area contributed by atoms with E-state index in [0.29, 0.717) is 6.29 Å². The van der Waals surface area contributed by atoms with Crippen molar-refractivity contribution >= 4 is 41.8 Å². The quantitative estimate of drug-likeness (QED) is 0.208. The molecule has 146 valence electrons. The van der Waals surface area contributed by atoms with Gasteiger partial charge in [0, 0.05) is 18.6 Å². The highest BCUT2D eigenvalue weighted by atomic mass is 32.2. The molecule has 3 atom stereocenters. The van der Waals surface area contributed by atoms with Gasteiger partial charge in [0.1, 0.15) is 18.4 Å². The third-order valence-corrected chi connectivity index (χ3v) is 4.70. The van der Waals surface area contributed by atoms with Gasteiger partial charge < -0.3 is 41.0 Å². The molecule has 0 heterocycles. The summed E-state index contributed by atoms with van der Waals surface area (Å²) in [5, 5.41) is 25.5. The Morgan fingerprint density at radius 1 is 1.31 bits per heavy atom. The Morgan fingerprint density at radius 2 is 1.92 bits per heavy atom. The van der Waals surface area contributed by atoms with E-state index in [1.165, 1.54) is 6.08 Å². The number of rotatable bonds is 13. The highest BCUT2D eigenvalue weighted by Gasteiger charge is 2.27. The van der Waals surface area contributed by atoms with Crippen molar-refractivity contribution in [3.05, 3.63) is 12.7 Å². The van der Waals surface area contributed by atoms with Crippen molar-refractivity contribution < 1.29 is 39.9 Å². The van der Waals surface area contributed by atoms with Crippen LogP contribution < -0.4 is 26.6 Å². The van der Waals surface area contributed by atoms with E-state index < -0.39 is 47.1 Å². The van der Waals surface area contributed by atoms with Crippen LogP contribution in [0, 0.1) is 0 Å². The van der Waals surface area contributed by atoms with Gasteiger partial charge in [-0.15, -0.1) is 18.3 Å². The molecule has 0 fully saturated rings. The number of hydrogen-bond acceptors (Lipinski definition) is 8. The zero-order valence-electron chi connectivity index (χ0n) is 14.3. The van der Waals surface area contributed by atoms with E-state index in [-0.39, 0.29) is 18.6 Å². The largest absolute Gasteiger partial charge is 0.548 e. The van der Waals surface area contributed by atoms with Gasteiger partial charge in [0.05, 0.1) is 23.2 Å². The minimum Gasteiger partial charge on any atom is -0.548 e. The Balaban J connectivity index is 4.90. The number of aliphatic carboxylic acids is 2. The van der Waals surface area contributed by atoms with Gasteiger partial charge in [-0.3, -0.25) is 9.59 Å². The molecule has 0 rings (SSSR count). The monoisotopic (exact) mass is 388 g/mol. The smallest absolute Gasteiger partial charge is 0.243 e. The topological polar surface area (TPSA) is 183 Å².